The van der Waals surface area contributed by atoms with Crippen LogP contribution in [0.25, 0.3) is 0 Å². The first-order valence-electron chi connectivity index (χ1n) is 7.86. The summed E-state index contributed by atoms with van der Waals surface area (Å²) in [5.74, 6) is 1.87. The summed E-state index contributed by atoms with van der Waals surface area (Å²) in [5.41, 5.74) is 2.90. The normalized spacial score (nSPS) is 19.4. The summed E-state index contributed by atoms with van der Waals surface area (Å²) in [6.07, 6.45) is 4.74. The van der Waals surface area contributed by atoms with Gasteiger partial charge in [0.05, 0.1) is 12.3 Å². The van der Waals surface area contributed by atoms with Gasteiger partial charge >= 0.3 is 0 Å². The Hall–Kier alpha value is -1.76. The quantitative estimate of drug-likeness (QED) is 0.844. The van der Waals surface area contributed by atoms with Crippen molar-refractivity contribution in [2.45, 2.75) is 31.6 Å². The Morgan fingerprint density at radius 2 is 1.95 bits per heavy atom. The van der Waals surface area contributed by atoms with Gasteiger partial charge in [0.15, 0.2) is 0 Å². The lowest BCUT2D eigenvalue weighted by molar-refractivity contribution is 0.214. The zero-order chi connectivity index (χ0) is 14.8. The number of hydrogen-bond donors (Lipinski definition) is 0. The summed E-state index contributed by atoms with van der Waals surface area (Å²) in [5, 5.41) is 17.5. The maximum atomic E-state index is 5.81. The highest BCUT2D eigenvalue weighted by molar-refractivity contribution is 7.13. The van der Waals surface area contributed by atoms with E-state index in [1.807, 2.05) is 6.07 Å². The molecule has 0 amide bonds. The van der Waals surface area contributed by atoms with Crippen molar-refractivity contribution >= 4 is 16.5 Å². The van der Waals surface area contributed by atoms with Crippen molar-refractivity contribution in [3.8, 4) is 5.88 Å². The standard InChI is InChI=1S/C15H19N5OS/c1-2-12(1)13-3-4-14(18-17-13)21-9-11-5-7-20(8-6-11)15-19-16-10-22-15/h3-4,10-12H,1-2,5-9H2. The van der Waals surface area contributed by atoms with E-state index in [9.17, 15) is 0 Å². The monoisotopic (exact) mass is 317 g/mol. The first-order valence-corrected chi connectivity index (χ1v) is 8.74. The van der Waals surface area contributed by atoms with Gasteiger partial charge in [0.2, 0.25) is 11.0 Å². The molecule has 22 heavy (non-hydrogen) atoms. The molecule has 3 heterocycles. The van der Waals surface area contributed by atoms with Crippen LogP contribution in [0, 0.1) is 5.92 Å². The van der Waals surface area contributed by atoms with Crippen molar-refractivity contribution < 1.29 is 4.74 Å². The van der Waals surface area contributed by atoms with E-state index in [1.54, 1.807) is 16.8 Å². The Kier molecular flexibility index (Phi) is 3.88. The molecule has 0 aromatic carbocycles. The zero-order valence-corrected chi connectivity index (χ0v) is 13.2. The first-order chi connectivity index (χ1) is 10.9. The molecule has 6 nitrogen and oxygen atoms in total. The Balaban J connectivity index is 1.24. The highest BCUT2D eigenvalue weighted by Gasteiger charge is 2.25. The van der Waals surface area contributed by atoms with E-state index < -0.39 is 0 Å². The zero-order valence-electron chi connectivity index (χ0n) is 12.4. The van der Waals surface area contributed by atoms with E-state index in [4.69, 9.17) is 4.74 Å². The van der Waals surface area contributed by atoms with Gasteiger partial charge in [0, 0.05) is 25.1 Å². The number of anilines is 1. The van der Waals surface area contributed by atoms with E-state index in [2.05, 4.69) is 31.4 Å². The summed E-state index contributed by atoms with van der Waals surface area (Å²) in [7, 11) is 0. The van der Waals surface area contributed by atoms with E-state index in [0.29, 0.717) is 17.7 Å². The molecule has 1 saturated carbocycles. The number of piperidine rings is 1. The van der Waals surface area contributed by atoms with Gasteiger partial charge in [-0.1, -0.05) is 11.3 Å². The topological polar surface area (TPSA) is 64.0 Å². The predicted molar refractivity (Wildman–Crippen MR) is 84.3 cm³/mol. The van der Waals surface area contributed by atoms with Gasteiger partial charge in [-0.3, -0.25) is 0 Å². The van der Waals surface area contributed by atoms with Gasteiger partial charge in [0.25, 0.3) is 0 Å². The maximum Gasteiger partial charge on any atom is 0.233 e. The molecule has 2 aromatic rings. The summed E-state index contributed by atoms with van der Waals surface area (Å²) in [6, 6.07) is 4.01. The summed E-state index contributed by atoms with van der Waals surface area (Å²) in [4.78, 5) is 2.30. The average Bonchev–Trinajstić information content (AvgIpc) is 3.28. The van der Waals surface area contributed by atoms with Crippen molar-refractivity contribution in [1.82, 2.24) is 20.4 Å². The van der Waals surface area contributed by atoms with Crippen LogP contribution >= 0.6 is 11.3 Å². The Morgan fingerprint density at radius 1 is 1.09 bits per heavy atom. The smallest absolute Gasteiger partial charge is 0.233 e. The van der Waals surface area contributed by atoms with Gasteiger partial charge in [-0.05, 0) is 37.7 Å². The SMILES string of the molecule is c1nnc(N2CCC(COc3ccc(C4CC4)nn3)CC2)s1. The lowest BCUT2D eigenvalue weighted by atomic mass is 9.98. The minimum absolute atomic E-state index is 0.578. The highest BCUT2D eigenvalue weighted by atomic mass is 32.1. The fraction of sp³-hybridized carbons (Fsp3) is 0.600. The van der Waals surface area contributed by atoms with Crippen LogP contribution in [0.4, 0.5) is 5.13 Å². The van der Waals surface area contributed by atoms with Crippen LogP contribution in [-0.4, -0.2) is 40.1 Å². The van der Waals surface area contributed by atoms with Crippen LogP contribution in [-0.2, 0) is 0 Å². The van der Waals surface area contributed by atoms with Gasteiger partial charge in [0.1, 0.15) is 5.51 Å². The molecular weight excluding hydrogens is 298 g/mol. The van der Waals surface area contributed by atoms with Crippen LogP contribution in [0.1, 0.15) is 37.3 Å². The largest absolute Gasteiger partial charge is 0.476 e. The number of rotatable bonds is 5. The third-order valence-electron chi connectivity index (χ3n) is 4.36. The van der Waals surface area contributed by atoms with E-state index in [0.717, 1.165) is 43.4 Å². The molecule has 1 aliphatic carbocycles. The lowest BCUT2D eigenvalue weighted by Gasteiger charge is -2.31. The molecule has 0 bridgehead atoms. The lowest BCUT2D eigenvalue weighted by Crippen LogP contribution is -2.35. The Labute approximate surface area is 133 Å². The van der Waals surface area contributed by atoms with Crippen LogP contribution < -0.4 is 9.64 Å². The molecule has 2 aromatic heterocycles. The highest BCUT2D eigenvalue weighted by Crippen LogP contribution is 2.38. The van der Waals surface area contributed by atoms with E-state index >= 15 is 0 Å². The molecule has 116 valence electrons. The fourth-order valence-corrected chi connectivity index (χ4v) is 3.42. The molecule has 7 heteroatoms. The molecule has 4 rings (SSSR count). The van der Waals surface area contributed by atoms with Crippen LogP contribution in [0.2, 0.25) is 0 Å². The van der Waals surface area contributed by atoms with Gasteiger partial charge in [-0.2, -0.15) is 5.10 Å². The second-order valence-corrected chi connectivity index (χ2v) is 6.85. The summed E-state index contributed by atoms with van der Waals surface area (Å²) in [6.45, 7) is 2.77. The number of nitrogens with zero attached hydrogens (tertiary/aromatic N) is 5. The average molecular weight is 317 g/mol. The maximum absolute atomic E-state index is 5.81. The number of hydrogen-bond acceptors (Lipinski definition) is 7. The molecule has 2 fully saturated rings. The van der Waals surface area contributed by atoms with Gasteiger partial charge in [-0.25, -0.2) is 0 Å². The minimum atomic E-state index is 0.578. The molecule has 0 spiro atoms. The molecule has 0 unspecified atom stereocenters. The van der Waals surface area contributed by atoms with Gasteiger partial charge in [-0.15, -0.1) is 15.3 Å². The third kappa shape index (κ3) is 3.19. The van der Waals surface area contributed by atoms with Crippen LogP contribution in [0.3, 0.4) is 0 Å². The third-order valence-corrected chi connectivity index (χ3v) is 5.11. The van der Waals surface area contributed by atoms with Crippen LogP contribution in [0.15, 0.2) is 17.6 Å². The van der Waals surface area contributed by atoms with Crippen LogP contribution in [0.5, 0.6) is 5.88 Å². The van der Waals surface area contributed by atoms with Crippen molar-refractivity contribution in [2.24, 2.45) is 5.92 Å². The molecule has 1 saturated heterocycles. The van der Waals surface area contributed by atoms with E-state index in [-0.39, 0.29) is 0 Å². The van der Waals surface area contributed by atoms with Crippen molar-refractivity contribution in [3.05, 3.63) is 23.3 Å². The van der Waals surface area contributed by atoms with Crippen molar-refractivity contribution in [3.63, 3.8) is 0 Å². The molecule has 0 N–H and O–H groups in total. The fourth-order valence-electron chi connectivity index (χ4n) is 2.80. The molecule has 0 atom stereocenters. The Morgan fingerprint density at radius 3 is 2.59 bits per heavy atom. The summed E-state index contributed by atoms with van der Waals surface area (Å²) >= 11 is 1.60. The second-order valence-electron chi connectivity index (χ2n) is 6.03. The van der Waals surface area contributed by atoms with Crippen molar-refractivity contribution in [2.75, 3.05) is 24.6 Å². The molecule has 0 radical (unpaired) electrons. The number of aromatic nitrogens is 4. The first kappa shape index (κ1) is 13.9. The predicted octanol–water partition coefficient (Wildman–Crippen LogP) is 2.50. The second kappa shape index (κ2) is 6.16. The minimum Gasteiger partial charge on any atom is -0.476 e. The van der Waals surface area contributed by atoms with Gasteiger partial charge < -0.3 is 9.64 Å². The summed E-state index contributed by atoms with van der Waals surface area (Å²) < 4.78 is 5.81. The molecular formula is C15H19N5OS. The van der Waals surface area contributed by atoms with E-state index in [1.165, 1.54) is 12.8 Å². The van der Waals surface area contributed by atoms with Crippen molar-refractivity contribution in [1.29, 1.82) is 0 Å². The molecule has 1 aliphatic heterocycles. The Bertz CT molecular complexity index is 591. The molecule has 2 aliphatic rings. The number of ether oxygens (including phenoxy) is 1.